The third-order valence-corrected chi connectivity index (χ3v) is 2.95. The lowest BCUT2D eigenvalue weighted by atomic mass is 10.2. The summed E-state index contributed by atoms with van der Waals surface area (Å²) in [5.74, 6) is -0.109. The Labute approximate surface area is 109 Å². The summed E-state index contributed by atoms with van der Waals surface area (Å²) >= 11 is 0. The molecule has 108 valence electrons. The molecule has 0 radical (unpaired) electrons. The maximum absolute atomic E-state index is 11.5. The molecule has 0 heterocycles. The molecule has 0 aromatic heterocycles. The van der Waals surface area contributed by atoms with Crippen LogP contribution in [-0.2, 0) is 23.6 Å². The van der Waals surface area contributed by atoms with Crippen molar-refractivity contribution >= 4 is 16.3 Å². The number of hydrogen-bond donors (Lipinski definition) is 2. The highest BCUT2D eigenvalue weighted by atomic mass is 32.3. The van der Waals surface area contributed by atoms with Crippen molar-refractivity contribution in [3.8, 4) is 0 Å². The summed E-state index contributed by atoms with van der Waals surface area (Å²) in [5, 5.41) is 2.74. The van der Waals surface area contributed by atoms with Crippen molar-refractivity contribution < 1.29 is 26.5 Å². The first-order valence-electron chi connectivity index (χ1n) is 5.84. The predicted molar refractivity (Wildman–Crippen MR) is 66.4 cm³/mol. The van der Waals surface area contributed by atoms with E-state index in [1.807, 2.05) is 21.0 Å². The minimum absolute atomic E-state index is 0.109. The van der Waals surface area contributed by atoms with Crippen LogP contribution in [0.1, 0.15) is 19.8 Å². The van der Waals surface area contributed by atoms with Crippen LogP contribution in [-0.4, -0.2) is 54.7 Å². The number of hydrogen-bond acceptors (Lipinski definition) is 5. The van der Waals surface area contributed by atoms with E-state index in [1.54, 1.807) is 0 Å². The first-order valence-corrected chi connectivity index (χ1v) is 7.17. The van der Waals surface area contributed by atoms with E-state index in [0.29, 0.717) is 13.0 Å². The van der Waals surface area contributed by atoms with Gasteiger partial charge < -0.3 is 10.2 Å². The van der Waals surface area contributed by atoms with Crippen molar-refractivity contribution in [3.05, 3.63) is 0 Å². The Hall–Kier alpha value is -0.700. The number of rotatable bonds is 9. The number of quaternary nitrogens is 1. The van der Waals surface area contributed by atoms with Crippen molar-refractivity contribution in [2.45, 2.75) is 25.8 Å². The maximum atomic E-state index is 11.5. The lowest BCUT2D eigenvalue weighted by Gasteiger charge is -2.19. The summed E-state index contributed by atoms with van der Waals surface area (Å²) < 4.78 is 30.9. The third kappa shape index (κ3) is 8.40. The summed E-state index contributed by atoms with van der Waals surface area (Å²) in [6, 6.07) is -0.362. The average molecular weight is 283 g/mol. The quantitative estimate of drug-likeness (QED) is 0.528. The van der Waals surface area contributed by atoms with Gasteiger partial charge in [-0.2, -0.15) is 8.42 Å². The van der Waals surface area contributed by atoms with Gasteiger partial charge >= 0.3 is 10.4 Å². The minimum atomic E-state index is -3.96. The zero-order valence-electron chi connectivity index (χ0n) is 11.4. The van der Waals surface area contributed by atoms with Crippen LogP contribution in [0.4, 0.5) is 0 Å². The summed E-state index contributed by atoms with van der Waals surface area (Å²) in [7, 11) is 0.879. The topological polar surface area (TPSA) is 86.1 Å². The van der Waals surface area contributed by atoms with Crippen LogP contribution < -0.4 is 10.2 Å². The molecule has 1 unspecified atom stereocenters. The molecular formula is C10H23N2O5S+. The molecule has 0 rings (SSSR count). The molecule has 0 spiro atoms. The van der Waals surface area contributed by atoms with Gasteiger partial charge in [0.2, 0.25) is 5.91 Å². The summed E-state index contributed by atoms with van der Waals surface area (Å²) in [6.07, 6.45) is 1.15. The molecule has 0 saturated heterocycles. The molecule has 0 bridgehead atoms. The van der Waals surface area contributed by atoms with Crippen molar-refractivity contribution in [2.75, 3.05) is 34.4 Å². The first-order chi connectivity index (χ1) is 8.30. The molecular weight excluding hydrogens is 260 g/mol. The highest BCUT2D eigenvalue weighted by molar-refractivity contribution is 7.81. The van der Waals surface area contributed by atoms with Crippen molar-refractivity contribution in [3.63, 3.8) is 0 Å². The van der Waals surface area contributed by atoms with E-state index in [0.717, 1.165) is 18.4 Å². The van der Waals surface area contributed by atoms with E-state index >= 15 is 0 Å². The Morgan fingerprint density at radius 3 is 2.44 bits per heavy atom. The lowest BCUT2D eigenvalue weighted by Crippen LogP contribution is -3.07. The number of carbonyl (C=O) groups is 1. The van der Waals surface area contributed by atoms with Gasteiger partial charge in [-0.1, -0.05) is 6.92 Å². The molecule has 0 aromatic rings. The summed E-state index contributed by atoms with van der Waals surface area (Å²) in [5.41, 5.74) is 0. The van der Waals surface area contributed by atoms with Gasteiger partial charge in [0.1, 0.15) is 6.04 Å². The monoisotopic (exact) mass is 283 g/mol. The molecule has 1 amide bonds. The van der Waals surface area contributed by atoms with Gasteiger partial charge in [-0.3, -0.25) is 8.98 Å². The van der Waals surface area contributed by atoms with E-state index in [1.165, 1.54) is 0 Å². The van der Waals surface area contributed by atoms with Crippen LogP contribution in [0.5, 0.6) is 0 Å². The van der Waals surface area contributed by atoms with Crippen molar-refractivity contribution in [2.24, 2.45) is 0 Å². The van der Waals surface area contributed by atoms with Gasteiger partial charge in [-0.15, -0.1) is 0 Å². The van der Waals surface area contributed by atoms with E-state index < -0.39 is 10.4 Å². The first kappa shape index (κ1) is 17.3. The van der Waals surface area contributed by atoms with Gasteiger partial charge in [-0.05, 0) is 6.42 Å². The van der Waals surface area contributed by atoms with Crippen LogP contribution in [0.25, 0.3) is 0 Å². The molecule has 8 heteroatoms. The fourth-order valence-electron chi connectivity index (χ4n) is 1.38. The van der Waals surface area contributed by atoms with Crippen molar-refractivity contribution in [1.29, 1.82) is 0 Å². The highest BCUT2D eigenvalue weighted by Gasteiger charge is 2.19. The van der Waals surface area contributed by atoms with Crippen LogP contribution in [0, 0.1) is 0 Å². The Balaban J connectivity index is 4.36. The molecule has 0 aliphatic carbocycles. The average Bonchev–Trinajstić information content (AvgIpc) is 2.26. The second-order valence-electron chi connectivity index (χ2n) is 4.29. The molecule has 1 atom stereocenters. The second-order valence-corrected chi connectivity index (χ2v) is 5.67. The molecule has 18 heavy (non-hydrogen) atoms. The number of nitrogens with one attached hydrogen (secondary N) is 2. The van der Waals surface area contributed by atoms with Gasteiger partial charge in [0, 0.05) is 6.42 Å². The molecule has 0 aliphatic rings. The van der Waals surface area contributed by atoms with Crippen LogP contribution in [0.15, 0.2) is 0 Å². The molecule has 0 aromatic carbocycles. The smallest absolute Gasteiger partial charge is 0.345 e. The van der Waals surface area contributed by atoms with Crippen molar-refractivity contribution in [1.82, 2.24) is 5.32 Å². The lowest BCUT2D eigenvalue weighted by molar-refractivity contribution is -0.859. The van der Waals surface area contributed by atoms with E-state index in [-0.39, 0.29) is 18.6 Å². The maximum Gasteiger partial charge on any atom is 0.399 e. The molecule has 2 N–H and O–H groups in total. The SMILES string of the molecule is CCCC(=O)NC(COS(=O)(=O)OC)C[NH+](C)C. The van der Waals surface area contributed by atoms with Crippen LogP contribution in [0.2, 0.25) is 0 Å². The fourth-order valence-corrected chi connectivity index (χ4v) is 1.81. The Bertz CT molecular complexity index is 342. The van der Waals surface area contributed by atoms with Crippen LogP contribution >= 0.6 is 0 Å². The molecule has 0 aliphatic heterocycles. The highest BCUT2D eigenvalue weighted by Crippen LogP contribution is 1.96. The molecule has 0 saturated carbocycles. The van der Waals surface area contributed by atoms with Gasteiger partial charge in [0.05, 0.1) is 34.4 Å². The number of carbonyl (C=O) groups excluding carboxylic acids is 1. The number of amides is 1. The van der Waals surface area contributed by atoms with Gasteiger partial charge in [0.25, 0.3) is 0 Å². The second kappa shape index (κ2) is 8.41. The minimum Gasteiger partial charge on any atom is -0.345 e. The largest absolute Gasteiger partial charge is 0.399 e. The summed E-state index contributed by atoms with van der Waals surface area (Å²) in [4.78, 5) is 12.6. The van der Waals surface area contributed by atoms with E-state index in [4.69, 9.17) is 0 Å². The third-order valence-electron chi connectivity index (χ3n) is 2.11. The Morgan fingerprint density at radius 2 is 2.00 bits per heavy atom. The van der Waals surface area contributed by atoms with E-state index in [2.05, 4.69) is 13.7 Å². The standard InChI is InChI=1S/C10H22N2O5S/c1-5-6-10(13)11-9(7-12(2)3)8-17-18(14,15)16-4/h9H,5-8H2,1-4H3,(H,11,13)/p+1. The Morgan fingerprint density at radius 1 is 1.39 bits per heavy atom. The zero-order chi connectivity index (χ0) is 14.2. The molecule has 0 fully saturated rings. The number of likely N-dealkylation sites (N-methyl/N-ethyl adjacent to an activating group) is 1. The Kier molecular flexibility index (Phi) is 8.08. The molecule has 7 nitrogen and oxygen atoms in total. The van der Waals surface area contributed by atoms with E-state index in [9.17, 15) is 13.2 Å². The normalized spacial score (nSPS) is 13.6. The zero-order valence-corrected chi connectivity index (χ0v) is 12.2. The van der Waals surface area contributed by atoms with Gasteiger partial charge in [0.15, 0.2) is 0 Å². The van der Waals surface area contributed by atoms with Crippen LogP contribution in [0.3, 0.4) is 0 Å². The van der Waals surface area contributed by atoms with Gasteiger partial charge in [-0.25, -0.2) is 4.18 Å². The predicted octanol–water partition coefficient (Wildman–Crippen LogP) is -1.68. The fraction of sp³-hybridized carbons (Fsp3) is 0.900. The summed E-state index contributed by atoms with van der Waals surface area (Å²) in [6.45, 7) is 2.34.